The van der Waals surface area contributed by atoms with E-state index >= 15 is 0 Å². The maximum absolute atomic E-state index is 11.0. The van der Waals surface area contributed by atoms with Crippen LogP contribution in [0.2, 0.25) is 0 Å². The van der Waals surface area contributed by atoms with Crippen molar-refractivity contribution in [2.45, 2.75) is 32.0 Å². The predicted molar refractivity (Wildman–Crippen MR) is 127 cm³/mol. The number of fused-ring (bicyclic) bond motifs is 2. The van der Waals surface area contributed by atoms with E-state index in [2.05, 4.69) is 47.4 Å². The third-order valence-corrected chi connectivity index (χ3v) is 6.05. The van der Waals surface area contributed by atoms with E-state index in [0.717, 1.165) is 47.2 Å². The fourth-order valence-corrected chi connectivity index (χ4v) is 4.39. The lowest BCUT2D eigenvalue weighted by Gasteiger charge is -2.30. The van der Waals surface area contributed by atoms with Crippen LogP contribution in [0, 0.1) is 5.92 Å². The second kappa shape index (κ2) is 9.51. The number of para-hydroxylation sites is 1. The fourth-order valence-electron chi connectivity index (χ4n) is 4.39. The topological polar surface area (TPSA) is 42.4 Å². The highest BCUT2D eigenvalue weighted by molar-refractivity contribution is 5.85. The first-order valence-corrected chi connectivity index (χ1v) is 10.6. The van der Waals surface area contributed by atoms with Gasteiger partial charge in [-0.1, -0.05) is 60.7 Å². The largest absolute Gasteiger partial charge is 0.487 e. The smallest absolute Gasteiger partial charge is 0.130 e. The molecule has 0 amide bonds. The molecular formula is C27H26ClNO2. The van der Waals surface area contributed by atoms with Gasteiger partial charge in [0.2, 0.25) is 0 Å². The van der Waals surface area contributed by atoms with Crippen molar-refractivity contribution in [2.24, 2.45) is 5.92 Å². The van der Waals surface area contributed by atoms with Gasteiger partial charge < -0.3 is 9.84 Å². The maximum atomic E-state index is 11.0. The molecule has 3 aromatic carbocycles. The first kappa shape index (κ1) is 21.4. The molecule has 2 unspecified atom stereocenters. The number of nitrogens with zero attached hydrogens (tertiary/aromatic N) is 1. The third kappa shape index (κ3) is 4.73. The molecule has 1 aromatic heterocycles. The van der Waals surface area contributed by atoms with E-state index in [0.29, 0.717) is 6.61 Å². The number of halogens is 1. The van der Waals surface area contributed by atoms with Gasteiger partial charge in [-0.2, -0.15) is 0 Å². The van der Waals surface area contributed by atoms with E-state index in [1.807, 2.05) is 42.5 Å². The summed E-state index contributed by atoms with van der Waals surface area (Å²) in [5, 5.41) is 12.2. The second-order valence-electron chi connectivity index (χ2n) is 8.08. The van der Waals surface area contributed by atoms with E-state index < -0.39 is 6.10 Å². The molecule has 0 fully saturated rings. The molecule has 0 spiro atoms. The van der Waals surface area contributed by atoms with Crippen molar-refractivity contribution in [2.75, 3.05) is 0 Å². The summed E-state index contributed by atoms with van der Waals surface area (Å²) in [5.74, 6) is 1.01. The van der Waals surface area contributed by atoms with Crippen LogP contribution in [0.4, 0.5) is 0 Å². The van der Waals surface area contributed by atoms with Crippen molar-refractivity contribution >= 4 is 23.3 Å². The summed E-state index contributed by atoms with van der Waals surface area (Å²) in [6.07, 6.45) is 2.44. The van der Waals surface area contributed by atoms with Gasteiger partial charge in [-0.05, 0) is 66.1 Å². The van der Waals surface area contributed by atoms with Gasteiger partial charge in [-0.25, -0.2) is 4.98 Å². The Hall–Kier alpha value is -2.88. The molecule has 5 rings (SSSR count). The van der Waals surface area contributed by atoms with Gasteiger partial charge in [0.1, 0.15) is 12.4 Å². The molecule has 3 nitrogen and oxygen atoms in total. The number of aryl methyl sites for hydroxylation is 1. The van der Waals surface area contributed by atoms with Gasteiger partial charge in [0.15, 0.2) is 0 Å². The van der Waals surface area contributed by atoms with E-state index in [1.165, 1.54) is 11.1 Å². The molecule has 31 heavy (non-hydrogen) atoms. The van der Waals surface area contributed by atoms with Crippen LogP contribution in [0.25, 0.3) is 10.9 Å². The number of aliphatic hydroxyl groups excluding tert-OH is 1. The molecule has 4 aromatic rings. The first-order chi connectivity index (χ1) is 14.8. The Morgan fingerprint density at radius 3 is 2.58 bits per heavy atom. The van der Waals surface area contributed by atoms with Gasteiger partial charge >= 0.3 is 0 Å². The average Bonchev–Trinajstić information content (AvgIpc) is 2.80. The summed E-state index contributed by atoms with van der Waals surface area (Å²) in [5.41, 5.74) is 5.38. The molecule has 1 heterocycles. The fraction of sp³-hybridized carbons (Fsp3) is 0.222. The Kier molecular flexibility index (Phi) is 6.55. The van der Waals surface area contributed by atoms with Crippen LogP contribution in [-0.4, -0.2) is 10.1 Å². The lowest BCUT2D eigenvalue weighted by Crippen LogP contribution is -2.22. The molecule has 4 heteroatoms. The Morgan fingerprint density at radius 1 is 0.903 bits per heavy atom. The highest BCUT2D eigenvalue weighted by Crippen LogP contribution is 2.38. The minimum atomic E-state index is -0.462. The molecular weight excluding hydrogens is 406 g/mol. The summed E-state index contributed by atoms with van der Waals surface area (Å²) in [6, 6.07) is 28.7. The summed E-state index contributed by atoms with van der Waals surface area (Å²) >= 11 is 0. The summed E-state index contributed by atoms with van der Waals surface area (Å²) in [7, 11) is 0. The van der Waals surface area contributed by atoms with Crippen molar-refractivity contribution in [1.29, 1.82) is 0 Å². The van der Waals surface area contributed by atoms with E-state index in [1.54, 1.807) is 0 Å². The molecule has 0 saturated carbocycles. The van der Waals surface area contributed by atoms with E-state index in [4.69, 9.17) is 4.74 Å². The Labute approximate surface area is 189 Å². The van der Waals surface area contributed by atoms with Gasteiger partial charge in [0, 0.05) is 5.39 Å². The number of pyridine rings is 1. The van der Waals surface area contributed by atoms with Crippen molar-refractivity contribution in [3.8, 4) is 5.75 Å². The van der Waals surface area contributed by atoms with Crippen LogP contribution >= 0.6 is 12.4 Å². The van der Waals surface area contributed by atoms with Gasteiger partial charge in [-0.15, -0.1) is 12.4 Å². The monoisotopic (exact) mass is 431 g/mol. The third-order valence-electron chi connectivity index (χ3n) is 6.05. The summed E-state index contributed by atoms with van der Waals surface area (Å²) in [4.78, 5) is 4.68. The van der Waals surface area contributed by atoms with Gasteiger partial charge in [0.05, 0.1) is 17.3 Å². The molecule has 0 radical (unpaired) electrons. The Morgan fingerprint density at radius 2 is 1.71 bits per heavy atom. The van der Waals surface area contributed by atoms with Crippen molar-refractivity contribution in [3.63, 3.8) is 0 Å². The van der Waals surface area contributed by atoms with Crippen molar-refractivity contribution < 1.29 is 9.84 Å². The molecule has 2 atom stereocenters. The maximum Gasteiger partial charge on any atom is 0.130 e. The standard InChI is InChI=1S/C27H25NO2.ClH/c29-27-22(16-19-6-2-1-3-7-19)11-10-20-13-15-24(17-25(20)27)30-18-23-14-12-21-8-4-5-9-26(21)28-23;/h1-9,12-15,17,22,27,29H,10-11,16,18H2;1H. The number of benzene rings is 3. The van der Waals surface area contributed by atoms with Gasteiger partial charge in [0.25, 0.3) is 0 Å². The van der Waals surface area contributed by atoms with Crippen LogP contribution in [0.3, 0.4) is 0 Å². The Bertz CT molecular complexity index is 1160. The lowest BCUT2D eigenvalue weighted by molar-refractivity contribution is 0.0932. The van der Waals surface area contributed by atoms with Crippen molar-refractivity contribution in [1.82, 2.24) is 4.98 Å². The number of aromatic nitrogens is 1. The van der Waals surface area contributed by atoms with Crippen LogP contribution in [0.5, 0.6) is 5.75 Å². The summed E-state index contributed by atoms with van der Waals surface area (Å²) < 4.78 is 6.04. The highest BCUT2D eigenvalue weighted by atomic mass is 35.5. The quantitative estimate of drug-likeness (QED) is 0.416. The minimum absolute atomic E-state index is 0. The SMILES string of the molecule is Cl.OC1c2cc(OCc3ccc4ccccc4n3)ccc2CCC1Cc1ccccc1. The molecule has 0 bridgehead atoms. The zero-order chi connectivity index (χ0) is 20.3. The molecule has 158 valence electrons. The van der Waals surface area contributed by atoms with Crippen LogP contribution < -0.4 is 4.74 Å². The molecule has 1 N–H and O–H groups in total. The number of ether oxygens (including phenoxy) is 1. The number of rotatable bonds is 5. The van der Waals surface area contributed by atoms with Crippen molar-refractivity contribution in [3.05, 3.63) is 107 Å². The zero-order valence-corrected chi connectivity index (χ0v) is 18.1. The van der Waals surface area contributed by atoms with Crippen LogP contribution in [-0.2, 0) is 19.4 Å². The summed E-state index contributed by atoms with van der Waals surface area (Å²) in [6.45, 7) is 0.410. The second-order valence-corrected chi connectivity index (χ2v) is 8.08. The predicted octanol–water partition coefficient (Wildman–Crippen LogP) is 6.07. The van der Waals surface area contributed by atoms with Gasteiger partial charge in [-0.3, -0.25) is 0 Å². The Balaban J connectivity index is 0.00000231. The average molecular weight is 432 g/mol. The van der Waals surface area contributed by atoms with Crippen LogP contribution in [0.15, 0.2) is 84.9 Å². The zero-order valence-electron chi connectivity index (χ0n) is 17.3. The number of aliphatic hydroxyl groups is 1. The number of hydrogen-bond acceptors (Lipinski definition) is 3. The van der Waals surface area contributed by atoms with E-state index in [9.17, 15) is 5.11 Å². The molecule has 0 saturated heterocycles. The lowest BCUT2D eigenvalue weighted by atomic mass is 9.78. The molecule has 1 aliphatic rings. The first-order valence-electron chi connectivity index (χ1n) is 10.6. The van der Waals surface area contributed by atoms with E-state index in [-0.39, 0.29) is 18.3 Å². The highest BCUT2D eigenvalue weighted by Gasteiger charge is 2.28. The number of hydrogen-bond donors (Lipinski definition) is 1. The van der Waals surface area contributed by atoms with Crippen LogP contribution in [0.1, 0.15) is 34.9 Å². The minimum Gasteiger partial charge on any atom is -0.487 e. The normalized spacial score (nSPS) is 17.6. The molecule has 1 aliphatic carbocycles. The molecule has 0 aliphatic heterocycles.